The molecular weight excluding hydrogens is 417 g/mol. The van der Waals surface area contributed by atoms with Crippen molar-refractivity contribution >= 4 is 22.7 Å². The van der Waals surface area contributed by atoms with Gasteiger partial charge in [0.2, 0.25) is 0 Å². The minimum absolute atomic E-state index is 0.0108. The third kappa shape index (κ3) is 4.75. The maximum atomic E-state index is 14.6. The fraction of sp³-hybridized carbons (Fsp3) is 0.368. The van der Waals surface area contributed by atoms with Crippen molar-refractivity contribution in [1.82, 2.24) is 4.72 Å². The first kappa shape index (κ1) is 21.3. The summed E-state index contributed by atoms with van der Waals surface area (Å²) in [7, 11) is -1.70. The van der Waals surface area contributed by atoms with Gasteiger partial charge < -0.3 is 0 Å². The molecular formula is C19H18F5NOS2. The molecule has 1 atom stereocenters. The Morgan fingerprint density at radius 1 is 1.04 bits per heavy atom. The molecule has 3 rings (SSSR count). The average Bonchev–Trinajstić information content (AvgIpc) is 2.68. The van der Waals surface area contributed by atoms with Crippen LogP contribution in [0.2, 0.25) is 0 Å². The van der Waals surface area contributed by atoms with Crippen LogP contribution in [-0.4, -0.2) is 15.8 Å². The van der Waals surface area contributed by atoms with Gasteiger partial charge in [0.05, 0.1) is 15.5 Å². The molecule has 1 aliphatic rings. The van der Waals surface area contributed by atoms with E-state index in [9.17, 15) is 26.2 Å². The molecule has 0 bridgehead atoms. The number of nitrogens with one attached hydrogen (secondary N) is 1. The number of alkyl halides is 3. The van der Waals surface area contributed by atoms with Crippen LogP contribution in [0.3, 0.4) is 0 Å². The van der Waals surface area contributed by atoms with Gasteiger partial charge in [-0.15, -0.1) is 0 Å². The quantitative estimate of drug-likeness (QED) is 0.485. The Bertz CT molecular complexity index is 836. The smallest absolute Gasteiger partial charge is 0.254 e. The molecule has 0 spiro atoms. The van der Waals surface area contributed by atoms with Gasteiger partial charge in [-0.3, -0.25) is 8.93 Å². The monoisotopic (exact) mass is 435 g/mol. The van der Waals surface area contributed by atoms with E-state index in [0.29, 0.717) is 4.90 Å². The number of hydrogen-bond acceptors (Lipinski definition) is 3. The number of rotatable bonds is 5. The maximum Gasteiger partial charge on any atom is 0.456 e. The molecule has 28 heavy (non-hydrogen) atoms. The highest BCUT2D eigenvalue weighted by atomic mass is 32.2. The summed E-state index contributed by atoms with van der Waals surface area (Å²) in [5, 5.41) is 0. The summed E-state index contributed by atoms with van der Waals surface area (Å²) < 4.78 is 80.4. The number of halogens is 5. The van der Waals surface area contributed by atoms with Gasteiger partial charge in [0, 0.05) is 28.4 Å². The highest BCUT2D eigenvalue weighted by Gasteiger charge is 2.45. The van der Waals surface area contributed by atoms with Crippen molar-refractivity contribution in [3.8, 4) is 0 Å². The normalized spacial score (nSPS) is 24.1. The Kier molecular flexibility index (Phi) is 6.46. The van der Waals surface area contributed by atoms with Crippen LogP contribution in [0.1, 0.15) is 31.2 Å². The standard InChI is InChI=1S/C19H18F5NOS2/c20-13-6-7-17(21)16(12-13)18(28(26)15-4-2-1-3-5-15)10-8-14(9-11-18)25-27-19(22,23)24/h1-7,12,14,25H,8-11H2. The highest BCUT2D eigenvalue weighted by Crippen LogP contribution is 2.46. The fourth-order valence-corrected chi connectivity index (χ4v) is 5.88. The molecule has 0 saturated heterocycles. The molecule has 152 valence electrons. The van der Waals surface area contributed by atoms with E-state index in [1.807, 2.05) is 0 Å². The third-order valence-corrected chi connectivity index (χ3v) is 7.59. The number of benzene rings is 2. The largest absolute Gasteiger partial charge is 0.456 e. The Balaban J connectivity index is 1.92. The van der Waals surface area contributed by atoms with Crippen molar-refractivity contribution in [2.45, 2.75) is 46.9 Å². The van der Waals surface area contributed by atoms with Crippen LogP contribution in [0.4, 0.5) is 22.0 Å². The lowest BCUT2D eigenvalue weighted by atomic mass is 9.80. The van der Waals surface area contributed by atoms with Crippen LogP contribution in [0.5, 0.6) is 0 Å². The van der Waals surface area contributed by atoms with Gasteiger partial charge in [-0.2, -0.15) is 13.2 Å². The molecule has 0 aromatic heterocycles. The van der Waals surface area contributed by atoms with Gasteiger partial charge in [-0.1, -0.05) is 18.2 Å². The van der Waals surface area contributed by atoms with E-state index < -0.39 is 38.7 Å². The van der Waals surface area contributed by atoms with E-state index in [1.165, 1.54) is 0 Å². The topological polar surface area (TPSA) is 29.1 Å². The summed E-state index contributed by atoms with van der Waals surface area (Å²) in [6.45, 7) is 0. The minimum Gasteiger partial charge on any atom is -0.254 e. The predicted octanol–water partition coefficient (Wildman–Crippen LogP) is 5.67. The number of hydrogen-bond donors (Lipinski definition) is 1. The van der Waals surface area contributed by atoms with Crippen molar-refractivity contribution in [2.24, 2.45) is 0 Å². The Morgan fingerprint density at radius 3 is 2.29 bits per heavy atom. The van der Waals surface area contributed by atoms with E-state index in [-0.39, 0.29) is 43.2 Å². The van der Waals surface area contributed by atoms with Gasteiger partial charge >= 0.3 is 5.51 Å². The second kappa shape index (κ2) is 8.51. The summed E-state index contributed by atoms with van der Waals surface area (Å²) in [5.74, 6) is -1.31. The first-order valence-electron chi connectivity index (χ1n) is 8.64. The molecule has 0 heterocycles. The van der Waals surface area contributed by atoms with E-state index in [0.717, 1.165) is 18.2 Å². The minimum atomic E-state index is -4.41. The van der Waals surface area contributed by atoms with Crippen molar-refractivity contribution in [1.29, 1.82) is 0 Å². The van der Waals surface area contributed by atoms with Crippen molar-refractivity contribution in [3.05, 3.63) is 65.7 Å². The molecule has 0 radical (unpaired) electrons. The predicted molar refractivity (Wildman–Crippen MR) is 99.9 cm³/mol. The SMILES string of the molecule is O=S(c1ccccc1)C1(c2cc(F)ccc2F)CCC(NSC(F)(F)F)CC1. The summed E-state index contributed by atoms with van der Waals surface area (Å²) in [4.78, 5) is 0.474. The first-order valence-corrected chi connectivity index (χ1v) is 10.6. The molecule has 0 amide bonds. The van der Waals surface area contributed by atoms with Crippen LogP contribution in [-0.2, 0) is 15.5 Å². The summed E-state index contributed by atoms with van der Waals surface area (Å²) in [5.41, 5.74) is -4.40. The fourth-order valence-electron chi connectivity index (χ4n) is 3.52. The lowest BCUT2D eigenvalue weighted by Gasteiger charge is -2.40. The van der Waals surface area contributed by atoms with Crippen molar-refractivity contribution in [2.75, 3.05) is 0 Å². The average molecular weight is 435 g/mol. The first-order chi connectivity index (χ1) is 13.2. The van der Waals surface area contributed by atoms with Gasteiger partial charge in [-0.05, 0) is 56.0 Å². The molecule has 1 aliphatic carbocycles. The summed E-state index contributed by atoms with van der Waals surface area (Å²) in [6.07, 6.45) is 0.866. The second-order valence-electron chi connectivity index (χ2n) is 6.64. The van der Waals surface area contributed by atoms with Gasteiger partial charge in [0.25, 0.3) is 0 Å². The van der Waals surface area contributed by atoms with Crippen LogP contribution >= 0.6 is 11.9 Å². The molecule has 1 fully saturated rings. The van der Waals surface area contributed by atoms with Crippen LogP contribution in [0, 0.1) is 11.6 Å². The maximum absolute atomic E-state index is 14.6. The van der Waals surface area contributed by atoms with Crippen LogP contribution < -0.4 is 4.72 Å². The molecule has 9 heteroatoms. The Labute approximate surface area is 166 Å². The zero-order valence-corrected chi connectivity index (χ0v) is 16.3. The summed E-state index contributed by atoms with van der Waals surface area (Å²) >= 11 is -0.314. The van der Waals surface area contributed by atoms with Crippen LogP contribution in [0.25, 0.3) is 0 Å². The van der Waals surface area contributed by atoms with Crippen molar-refractivity contribution in [3.63, 3.8) is 0 Å². The molecule has 1 N–H and O–H groups in total. The Morgan fingerprint density at radius 2 is 1.68 bits per heavy atom. The van der Waals surface area contributed by atoms with E-state index in [4.69, 9.17) is 0 Å². The molecule has 2 aromatic rings. The Hall–Kier alpha value is -1.45. The molecule has 1 saturated carbocycles. The van der Waals surface area contributed by atoms with Gasteiger partial charge in [0.15, 0.2) is 0 Å². The third-order valence-electron chi connectivity index (χ3n) is 4.87. The van der Waals surface area contributed by atoms with E-state index in [2.05, 4.69) is 4.72 Å². The van der Waals surface area contributed by atoms with Crippen LogP contribution in [0.15, 0.2) is 53.4 Å². The molecule has 2 nitrogen and oxygen atoms in total. The second-order valence-corrected chi connectivity index (χ2v) is 9.33. The lowest BCUT2D eigenvalue weighted by Crippen LogP contribution is -2.42. The lowest BCUT2D eigenvalue weighted by molar-refractivity contribution is -0.0339. The van der Waals surface area contributed by atoms with E-state index >= 15 is 0 Å². The van der Waals surface area contributed by atoms with Crippen molar-refractivity contribution < 1.29 is 26.2 Å². The molecule has 1 unspecified atom stereocenters. The zero-order valence-electron chi connectivity index (χ0n) is 14.6. The zero-order chi connectivity index (χ0) is 20.4. The molecule has 2 aromatic carbocycles. The van der Waals surface area contributed by atoms with Gasteiger partial charge in [0.1, 0.15) is 11.6 Å². The highest BCUT2D eigenvalue weighted by molar-refractivity contribution is 7.98. The van der Waals surface area contributed by atoms with E-state index in [1.54, 1.807) is 30.3 Å². The summed E-state index contributed by atoms with van der Waals surface area (Å²) in [6, 6.07) is 11.1. The molecule has 0 aliphatic heterocycles. The van der Waals surface area contributed by atoms with Gasteiger partial charge in [-0.25, -0.2) is 8.78 Å².